The number of carboxylic acid groups (broad SMARTS) is 1. The molecule has 0 aromatic carbocycles. The van der Waals surface area contributed by atoms with Crippen molar-refractivity contribution in [2.45, 2.75) is 13.8 Å². The van der Waals surface area contributed by atoms with Gasteiger partial charge in [0.15, 0.2) is 0 Å². The predicted molar refractivity (Wildman–Crippen MR) is 24.4 cm³/mol. The lowest BCUT2D eigenvalue weighted by Crippen LogP contribution is -3.00. The molecule has 0 aliphatic carbocycles. The van der Waals surface area contributed by atoms with Crippen LogP contribution < -0.4 is 29.1 Å². The van der Waals surface area contributed by atoms with Gasteiger partial charge in [0, 0.05) is 0 Å². The van der Waals surface area contributed by atoms with Crippen molar-refractivity contribution in [1.29, 1.82) is 0 Å². The molecular weight excluding hydrogens is 219 g/mol. The van der Waals surface area contributed by atoms with Gasteiger partial charge in [0.2, 0.25) is 0 Å². The fourth-order valence-corrected chi connectivity index (χ4v) is 0.118. The van der Waals surface area contributed by atoms with Crippen molar-refractivity contribution < 1.29 is 33.9 Å². The predicted octanol–water partition coefficient (Wildman–Crippen LogP) is -3.29. The maximum absolute atomic E-state index is 9.75. The van der Waals surface area contributed by atoms with Crippen LogP contribution >= 0.6 is 0 Å². The summed E-state index contributed by atoms with van der Waals surface area (Å²) in [4.78, 5) is 9.75. The van der Waals surface area contributed by atoms with Crippen LogP contribution in [0.3, 0.4) is 0 Å². The average Bonchev–Trinajstić information content (AvgIpc) is 1.65. The molecule has 0 unspecified atom stereocenters. The van der Waals surface area contributed by atoms with E-state index in [1.807, 2.05) is 0 Å². The fraction of sp³-hybridized carbons (Fsp3) is 0.400. The van der Waals surface area contributed by atoms with Crippen LogP contribution in [0.2, 0.25) is 0 Å². The summed E-state index contributed by atoms with van der Waals surface area (Å²) in [5.41, 5.74) is 0.278. The molecule has 0 saturated heterocycles. The van der Waals surface area contributed by atoms with Crippen molar-refractivity contribution in [1.82, 2.24) is 0 Å². The maximum Gasteiger partial charge on any atom is 1.00 e. The lowest BCUT2D eigenvalue weighted by molar-refractivity contribution is -0.299. The summed E-state index contributed by atoms with van der Waals surface area (Å²) < 4.78 is 0. The SMILES string of the molecule is CC=C(C)C(=O)[O-].[I+]. The molecule has 2 radical (unpaired) electrons. The minimum Gasteiger partial charge on any atom is -0.545 e. The van der Waals surface area contributed by atoms with Crippen LogP contribution in [-0.4, -0.2) is 5.97 Å². The van der Waals surface area contributed by atoms with Crippen LogP contribution in [0.4, 0.5) is 0 Å². The third-order valence-electron chi connectivity index (χ3n) is 0.755. The van der Waals surface area contributed by atoms with Crippen LogP contribution in [0, 0.1) is 0 Å². The first-order valence-electron chi connectivity index (χ1n) is 2.02. The number of allylic oxidation sites excluding steroid dienone is 1. The van der Waals surface area contributed by atoms with E-state index in [2.05, 4.69) is 0 Å². The molecule has 2 nitrogen and oxygen atoms in total. The lowest BCUT2D eigenvalue weighted by Gasteiger charge is -1.96. The minimum atomic E-state index is -1.09. The highest BCUT2D eigenvalue weighted by Gasteiger charge is 1.80. The molecule has 3 heteroatoms. The van der Waals surface area contributed by atoms with Crippen molar-refractivity contribution in [3.63, 3.8) is 0 Å². The molecule has 0 spiro atoms. The van der Waals surface area contributed by atoms with Crippen molar-refractivity contribution in [3.8, 4) is 0 Å². The number of carbonyl (C=O) groups is 1. The van der Waals surface area contributed by atoms with Gasteiger partial charge in [-0.05, 0) is 19.4 Å². The summed E-state index contributed by atoms with van der Waals surface area (Å²) in [6, 6.07) is 0. The van der Waals surface area contributed by atoms with E-state index in [0.29, 0.717) is 0 Å². The second kappa shape index (κ2) is 5.08. The van der Waals surface area contributed by atoms with Crippen molar-refractivity contribution in [2.75, 3.05) is 0 Å². The Kier molecular flexibility index (Phi) is 6.89. The highest BCUT2D eigenvalue weighted by atomic mass is 127. The van der Waals surface area contributed by atoms with E-state index < -0.39 is 5.97 Å². The van der Waals surface area contributed by atoms with Gasteiger partial charge in [-0.2, -0.15) is 0 Å². The second-order valence-corrected chi connectivity index (χ2v) is 1.26. The van der Waals surface area contributed by atoms with E-state index in [1.165, 1.54) is 13.0 Å². The molecule has 0 bridgehead atoms. The number of carboxylic acids is 1. The Hall–Kier alpha value is -0.0600. The van der Waals surface area contributed by atoms with Crippen molar-refractivity contribution >= 4 is 5.97 Å². The first-order chi connectivity index (χ1) is 3.18. The molecule has 8 heavy (non-hydrogen) atoms. The molecule has 0 N–H and O–H groups in total. The van der Waals surface area contributed by atoms with Gasteiger partial charge in [-0.25, -0.2) is 0 Å². The Morgan fingerprint density at radius 2 is 2.00 bits per heavy atom. The first kappa shape index (κ1) is 10.8. The van der Waals surface area contributed by atoms with Crippen LogP contribution in [0.25, 0.3) is 0 Å². The molecular formula is C5H7IO2. The fourth-order valence-electron chi connectivity index (χ4n) is 0.118. The molecule has 0 aliphatic heterocycles. The molecule has 0 amide bonds. The number of carbonyl (C=O) groups excluding carboxylic acids is 1. The third kappa shape index (κ3) is 4.11. The van der Waals surface area contributed by atoms with Gasteiger partial charge in [-0.1, -0.05) is 6.08 Å². The summed E-state index contributed by atoms with van der Waals surface area (Å²) >= 11 is 0. The molecule has 0 aromatic heterocycles. The van der Waals surface area contributed by atoms with Crippen LogP contribution in [0.15, 0.2) is 11.6 Å². The zero-order chi connectivity index (χ0) is 5.86. The summed E-state index contributed by atoms with van der Waals surface area (Å²) in [7, 11) is 0. The monoisotopic (exact) mass is 226 g/mol. The van der Waals surface area contributed by atoms with Gasteiger partial charge in [-0.3, -0.25) is 0 Å². The van der Waals surface area contributed by atoms with Gasteiger partial charge >= 0.3 is 24.0 Å². The smallest absolute Gasteiger partial charge is 0.545 e. The van der Waals surface area contributed by atoms with Crippen LogP contribution in [0.5, 0.6) is 0 Å². The molecule has 0 saturated carbocycles. The highest BCUT2D eigenvalue weighted by molar-refractivity contribution is 5.83. The van der Waals surface area contributed by atoms with E-state index in [4.69, 9.17) is 0 Å². The molecule has 0 fully saturated rings. The van der Waals surface area contributed by atoms with E-state index in [-0.39, 0.29) is 29.5 Å². The maximum atomic E-state index is 9.75. The summed E-state index contributed by atoms with van der Waals surface area (Å²) in [6.45, 7) is 3.15. The Labute approximate surface area is 65.6 Å². The van der Waals surface area contributed by atoms with Gasteiger partial charge in [0.25, 0.3) is 0 Å². The summed E-state index contributed by atoms with van der Waals surface area (Å²) in [5, 5.41) is 9.75. The summed E-state index contributed by atoms with van der Waals surface area (Å²) in [5.74, 6) is -1.09. The number of hydrogen-bond acceptors (Lipinski definition) is 2. The van der Waals surface area contributed by atoms with E-state index >= 15 is 0 Å². The van der Waals surface area contributed by atoms with E-state index in [9.17, 15) is 9.90 Å². The largest absolute Gasteiger partial charge is 1.00 e. The zero-order valence-electron chi connectivity index (χ0n) is 4.77. The Morgan fingerprint density at radius 1 is 1.62 bits per heavy atom. The van der Waals surface area contributed by atoms with Crippen molar-refractivity contribution in [2.24, 2.45) is 0 Å². The highest BCUT2D eigenvalue weighted by Crippen LogP contribution is 1.85. The van der Waals surface area contributed by atoms with E-state index in [0.717, 1.165) is 0 Å². The molecule has 46 valence electrons. The third-order valence-corrected chi connectivity index (χ3v) is 0.755. The topological polar surface area (TPSA) is 40.1 Å². The van der Waals surface area contributed by atoms with Crippen LogP contribution in [0.1, 0.15) is 13.8 Å². The molecule has 0 heterocycles. The first-order valence-corrected chi connectivity index (χ1v) is 2.02. The Bertz CT molecular complexity index is 107. The number of hydrogen-bond donors (Lipinski definition) is 0. The number of aliphatic carboxylic acids is 1. The number of halogens is 1. The quantitative estimate of drug-likeness (QED) is 0.347. The van der Waals surface area contributed by atoms with E-state index in [1.54, 1.807) is 6.92 Å². The zero-order valence-corrected chi connectivity index (χ0v) is 6.93. The molecule has 0 aliphatic rings. The standard InChI is InChI=1S/C5H8O2.I/c1-3-4(2)5(6)7;/h3H,1-2H3,(H,6,7);/q;+1/p-1. The lowest BCUT2D eigenvalue weighted by atomic mass is 10.3. The molecule has 0 atom stereocenters. The van der Waals surface area contributed by atoms with Gasteiger partial charge in [0.05, 0.1) is 5.97 Å². The van der Waals surface area contributed by atoms with Gasteiger partial charge < -0.3 is 9.90 Å². The Morgan fingerprint density at radius 3 is 2.00 bits per heavy atom. The summed E-state index contributed by atoms with van der Waals surface area (Å²) in [6.07, 6.45) is 1.50. The minimum absolute atomic E-state index is 0. The normalized spacial score (nSPS) is 10.0. The Balaban J connectivity index is 0. The van der Waals surface area contributed by atoms with Gasteiger partial charge in [-0.15, -0.1) is 0 Å². The van der Waals surface area contributed by atoms with Crippen LogP contribution in [-0.2, 0) is 4.79 Å². The number of rotatable bonds is 1. The average molecular weight is 226 g/mol. The van der Waals surface area contributed by atoms with Crippen molar-refractivity contribution in [3.05, 3.63) is 11.6 Å². The second-order valence-electron chi connectivity index (χ2n) is 1.26. The molecule has 0 rings (SSSR count). The molecule has 0 aromatic rings. The van der Waals surface area contributed by atoms with Gasteiger partial charge in [0.1, 0.15) is 0 Å².